The summed E-state index contributed by atoms with van der Waals surface area (Å²) in [6.45, 7) is 9.40. The van der Waals surface area contributed by atoms with Gasteiger partial charge in [-0.15, -0.1) is 0 Å². The maximum atomic E-state index is 5.90. The highest BCUT2D eigenvalue weighted by molar-refractivity contribution is 4.76. The van der Waals surface area contributed by atoms with Gasteiger partial charge in [-0.05, 0) is 40.5 Å². The van der Waals surface area contributed by atoms with E-state index in [1.807, 2.05) is 27.7 Å². The lowest BCUT2D eigenvalue weighted by molar-refractivity contribution is -0.300. The fraction of sp³-hybridized carbons (Fsp3) is 1.00. The summed E-state index contributed by atoms with van der Waals surface area (Å²) in [6.07, 6.45) is 3.30. The molecule has 4 heteroatoms. The molecule has 17 heavy (non-hydrogen) atoms. The van der Waals surface area contributed by atoms with Crippen LogP contribution in [0.3, 0.4) is 0 Å². The molecule has 100 valence electrons. The van der Waals surface area contributed by atoms with Crippen molar-refractivity contribution in [2.75, 3.05) is 13.2 Å². The van der Waals surface area contributed by atoms with E-state index in [1.165, 1.54) is 0 Å². The number of rotatable bonds is 2. The summed E-state index contributed by atoms with van der Waals surface area (Å²) in [7, 11) is 0. The molecular weight excluding hydrogens is 220 g/mol. The predicted molar refractivity (Wildman–Crippen MR) is 63.7 cm³/mol. The van der Waals surface area contributed by atoms with Gasteiger partial charge in [-0.2, -0.15) is 0 Å². The molecule has 0 aromatic rings. The van der Waals surface area contributed by atoms with Gasteiger partial charge in [0.15, 0.2) is 11.6 Å². The molecule has 0 spiro atoms. The van der Waals surface area contributed by atoms with Gasteiger partial charge in [-0.1, -0.05) is 0 Å². The molecule has 0 aromatic heterocycles. The van der Waals surface area contributed by atoms with Crippen LogP contribution >= 0.6 is 0 Å². The van der Waals surface area contributed by atoms with Crippen LogP contribution in [0, 0.1) is 0 Å². The molecule has 2 saturated heterocycles. The maximum absolute atomic E-state index is 5.90. The van der Waals surface area contributed by atoms with Crippen molar-refractivity contribution in [2.45, 2.75) is 70.7 Å². The molecule has 0 aromatic carbocycles. The van der Waals surface area contributed by atoms with E-state index in [0.29, 0.717) is 0 Å². The lowest BCUT2D eigenvalue weighted by Gasteiger charge is -2.40. The van der Waals surface area contributed by atoms with Gasteiger partial charge in [0, 0.05) is 6.42 Å². The van der Waals surface area contributed by atoms with Crippen molar-refractivity contribution in [1.82, 2.24) is 0 Å². The van der Waals surface area contributed by atoms with Gasteiger partial charge in [0.25, 0.3) is 0 Å². The minimum Gasteiger partial charge on any atom is -0.350 e. The van der Waals surface area contributed by atoms with Crippen molar-refractivity contribution in [3.8, 4) is 0 Å². The van der Waals surface area contributed by atoms with E-state index in [9.17, 15) is 0 Å². The van der Waals surface area contributed by atoms with Crippen molar-refractivity contribution >= 4 is 0 Å². The van der Waals surface area contributed by atoms with Gasteiger partial charge in [0.2, 0.25) is 0 Å². The van der Waals surface area contributed by atoms with Crippen LogP contribution in [-0.2, 0) is 18.9 Å². The van der Waals surface area contributed by atoms with Crippen LogP contribution in [0.4, 0.5) is 0 Å². The first-order chi connectivity index (χ1) is 7.86. The molecule has 0 aliphatic carbocycles. The Balaban J connectivity index is 1.84. The third-order valence-corrected chi connectivity index (χ3v) is 3.21. The second-order valence-electron chi connectivity index (χ2n) is 5.79. The molecule has 0 N–H and O–H groups in total. The summed E-state index contributed by atoms with van der Waals surface area (Å²) < 4.78 is 22.9. The Morgan fingerprint density at radius 3 is 1.59 bits per heavy atom. The zero-order chi connectivity index (χ0) is 12.5. The Morgan fingerprint density at radius 1 is 0.824 bits per heavy atom. The lowest BCUT2D eigenvalue weighted by atomic mass is 10.0. The molecule has 4 nitrogen and oxygen atoms in total. The lowest BCUT2D eigenvalue weighted by Crippen LogP contribution is -2.45. The second kappa shape index (κ2) is 4.84. The Bertz CT molecular complexity index is 236. The molecule has 2 fully saturated rings. The molecule has 0 bridgehead atoms. The Labute approximate surface area is 104 Å². The van der Waals surface area contributed by atoms with Gasteiger partial charge >= 0.3 is 0 Å². The predicted octanol–water partition coefficient (Wildman–Crippen LogP) is 2.46. The summed E-state index contributed by atoms with van der Waals surface area (Å²) in [4.78, 5) is 0. The molecule has 0 amide bonds. The Kier molecular flexibility index (Phi) is 3.78. The highest BCUT2D eigenvalue weighted by atomic mass is 16.7. The van der Waals surface area contributed by atoms with Crippen LogP contribution in [0.5, 0.6) is 0 Å². The zero-order valence-corrected chi connectivity index (χ0v) is 11.3. The SMILES string of the molecule is CC1(C)OCC[C@@H](C[C@@H]2CCOC(C)(C)O2)O1. The first-order valence-corrected chi connectivity index (χ1v) is 6.50. The van der Waals surface area contributed by atoms with Crippen LogP contribution in [0.1, 0.15) is 47.0 Å². The molecule has 0 saturated carbocycles. The smallest absolute Gasteiger partial charge is 0.163 e. The Morgan fingerprint density at radius 2 is 1.24 bits per heavy atom. The van der Waals surface area contributed by atoms with Gasteiger partial charge in [0.05, 0.1) is 25.4 Å². The van der Waals surface area contributed by atoms with Crippen molar-refractivity contribution in [3.05, 3.63) is 0 Å². The quantitative estimate of drug-likeness (QED) is 0.747. The van der Waals surface area contributed by atoms with E-state index in [-0.39, 0.29) is 12.2 Å². The van der Waals surface area contributed by atoms with E-state index in [1.54, 1.807) is 0 Å². The molecule has 0 radical (unpaired) electrons. The summed E-state index contributed by atoms with van der Waals surface area (Å²) in [6, 6.07) is 0. The van der Waals surface area contributed by atoms with Crippen LogP contribution < -0.4 is 0 Å². The number of ether oxygens (including phenoxy) is 4. The van der Waals surface area contributed by atoms with Crippen molar-refractivity contribution in [3.63, 3.8) is 0 Å². The highest BCUT2D eigenvalue weighted by Crippen LogP contribution is 2.29. The normalized spacial score (nSPS) is 36.7. The van der Waals surface area contributed by atoms with Crippen LogP contribution in [-0.4, -0.2) is 37.0 Å². The minimum atomic E-state index is -0.455. The average Bonchev–Trinajstić information content (AvgIpc) is 2.13. The summed E-state index contributed by atoms with van der Waals surface area (Å²) >= 11 is 0. The second-order valence-corrected chi connectivity index (χ2v) is 5.79. The van der Waals surface area contributed by atoms with Crippen molar-refractivity contribution < 1.29 is 18.9 Å². The molecule has 2 atom stereocenters. The fourth-order valence-electron chi connectivity index (χ4n) is 2.49. The molecule has 2 aliphatic rings. The summed E-state index contributed by atoms with van der Waals surface area (Å²) in [5.41, 5.74) is 0. The van der Waals surface area contributed by atoms with Crippen LogP contribution in [0.15, 0.2) is 0 Å². The summed E-state index contributed by atoms with van der Waals surface area (Å²) in [5, 5.41) is 0. The largest absolute Gasteiger partial charge is 0.350 e. The van der Waals surface area contributed by atoms with E-state index in [0.717, 1.165) is 32.5 Å². The molecule has 2 rings (SSSR count). The number of hydrogen-bond donors (Lipinski definition) is 0. The third kappa shape index (κ3) is 3.91. The van der Waals surface area contributed by atoms with Crippen LogP contribution in [0.2, 0.25) is 0 Å². The Hall–Kier alpha value is -0.160. The zero-order valence-electron chi connectivity index (χ0n) is 11.3. The fourth-order valence-corrected chi connectivity index (χ4v) is 2.49. The average molecular weight is 244 g/mol. The maximum Gasteiger partial charge on any atom is 0.163 e. The van der Waals surface area contributed by atoms with E-state index < -0.39 is 11.6 Å². The third-order valence-electron chi connectivity index (χ3n) is 3.21. The molecular formula is C13H24O4. The number of hydrogen-bond acceptors (Lipinski definition) is 4. The van der Waals surface area contributed by atoms with Gasteiger partial charge in [-0.25, -0.2) is 0 Å². The van der Waals surface area contributed by atoms with Crippen molar-refractivity contribution in [1.29, 1.82) is 0 Å². The molecule has 2 heterocycles. The molecule has 0 unspecified atom stereocenters. The standard InChI is InChI=1S/C13H24O4/c1-12(2)14-7-5-10(16-12)9-11-6-8-15-13(3,4)17-11/h10-11H,5-9H2,1-4H3/t10-,11-/m0/s1. The first-order valence-electron chi connectivity index (χ1n) is 6.50. The summed E-state index contributed by atoms with van der Waals surface area (Å²) in [5.74, 6) is -0.910. The topological polar surface area (TPSA) is 36.9 Å². The van der Waals surface area contributed by atoms with Gasteiger partial charge in [0.1, 0.15) is 0 Å². The minimum absolute atomic E-state index is 0.234. The monoisotopic (exact) mass is 244 g/mol. The first kappa shape index (κ1) is 13.3. The molecule has 2 aliphatic heterocycles. The van der Waals surface area contributed by atoms with E-state index in [4.69, 9.17) is 18.9 Å². The highest BCUT2D eigenvalue weighted by Gasteiger charge is 2.35. The van der Waals surface area contributed by atoms with Crippen molar-refractivity contribution in [2.24, 2.45) is 0 Å². The van der Waals surface area contributed by atoms with E-state index in [2.05, 4.69) is 0 Å². The van der Waals surface area contributed by atoms with E-state index >= 15 is 0 Å². The van der Waals surface area contributed by atoms with Gasteiger partial charge in [-0.3, -0.25) is 0 Å². The van der Waals surface area contributed by atoms with Gasteiger partial charge < -0.3 is 18.9 Å². The van der Waals surface area contributed by atoms with Crippen LogP contribution in [0.25, 0.3) is 0 Å².